The van der Waals surface area contributed by atoms with Gasteiger partial charge in [-0.1, -0.05) is 6.07 Å². The Labute approximate surface area is 86.5 Å². The predicted molar refractivity (Wildman–Crippen MR) is 52.4 cm³/mol. The number of aldehydes is 1. The monoisotopic (exact) mass is 206 g/mol. The van der Waals surface area contributed by atoms with Gasteiger partial charge in [0.1, 0.15) is 5.75 Å². The van der Waals surface area contributed by atoms with E-state index in [0.29, 0.717) is 12.0 Å². The van der Waals surface area contributed by atoms with Crippen molar-refractivity contribution in [3.05, 3.63) is 29.3 Å². The molecule has 78 valence electrons. The minimum Gasteiger partial charge on any atom is -0.490 e. The van der Waals surface area contributed by atoms with Crippen molar-refractivity contribution in [3.8, 4) is 5.75 Å². The third kappa shape index (κ3) is 1.98. The van der Waals surface area contributed by atoms with Gasteiger partial charge in [0.05, 0.1) is 17.2 Å². The van der Waals surface area contributed by atoms with Crippen LogP contribution in [0.3, 0.4) is 0 Å². The first kappa shape index (κ1) is 9.71. The molecule has 4 nitrogen and oxygen atoms in total. The highest BCUT2D eigenvalue weighted by Crippen LogP contribution is 2.29. The molecule has 1 aliphatic carbocycles. The number of carbonyl (C=O) groups excluding carboxylic acids is 1. The van der Waals surface area contributed by atoms with Crippen molar-refractivity contribution in [1.29, 1.82) is 0 Å². The first-order valence-corrected chi connectivity index (χ1v) is 4.70. The molecule has 0 saturated heterocycles. The molecule has 1 aromatic carbocycles. The topological polar surface area (TPSA) is 63.6 Å². The quantitative estimate of drug-likeness (QED) is 0.762. The second kappa shape index (κ2) is 3.73. The van der Waals surface area contributed by atoms with Crippen LogP contribution in [-0.2, 0) is 0 Å². The number of hydrogen-bond acceptors (Lipinski definition) is 3. The van der Waals surface area contributed by atoms with Crippen LogP contribution in [0.15, 0.2) is 18.2 Å². The molecule has 1 saturated carbocycles. The number of carboxylic acids is 1. The summed E-state index contributed by atoms with van der Waals surface area (Å²) in [5.41, 5.74) is 0.111. The van der Waals surface area contributed by atoms with Crippen LogP contribution < -0.4 is 4.74 Å². The fourth-order valence-corrected chi connectivity index (χ4v) is 1.32. The van der Waals surface area contributed by atoms with Gasteiger partial charge in [-0.25, -0.2) is 4.79 Å². The molecular formula is C11H10O4. The zero-order chi connectivity index (χ0) is 10.8. The van der Waals surface area contributed by atoms with E-state index in [-0.39, 0.29) is 17.2 Å². The van der Waals surface area contributed by atoms with Crippen molar-refractivity contribution in [2.75, 3.05) is 0 Å². The smallest absolute Gasteiger partial charge is 0.336 e. The van der Waals surface area contributed by atoms with Crippen molar-refractivity contribution >= 4 is 12.3 Å². The molecule has 1 fully saturated rings. The molecule has 0 atom stereocenters. The van der Waals surface area contributed by atoms with E-state index in [4.69, 9.17) is 9.84 Å². The third-order valence-electron chi connectivity index (χ3n) is 2.23. The fraction of sp³-hybridized carbons (Fsp3) is 0.273. The van der Waals surface area contributed by atoms with Crippen LogP contribution in [-0.4, -0.2) is 23.5 Å². The highest BCUT2D eigenvalue weighted by molar-refractivity contribution is 5.98. The molecule has 2 rings (SSSR count). The average Bonchev–Trinajstić information content (AvgIpc) is 3.01. The van der Waals surface area contributed by atoms with Crippen molar-refractivity contribution in [1.82, 2.24) is 0 Å². The number of rotatable bonds is 4. The molecule has 0 unspecified atom stereocenters. The van der Waals surface area contributed by atoms with E-state index in [1.807, 2.05) is 0 Å². The summed E-state index contributed by atoms with van der Waals surface area (Å²) in [6.07, 6.45) is 2.61. The van der Waals surface area contributed by atoms with Crippen LogP contribution in [0.5, 0.6) is 5.75 Å². The average molecular weight is 206 g/mol. The summed E-state index contributed by atoms with van der Waals surface area (Å²) in [4.78, 5) is 21.6. The summed E-state index contributed by atoms with van der Waals surface area (Å²) in [7, 11) is 0. The third-order valence-corrected chi connectivity index (χ3v) is 2.23. The minimum absolute atomic E-state index is 0.0110. The maximum absolute atomic E-state index is 10.8. The number of ether oxygens (including phenoxy) is 1. The van der Waals surface area contributed by atoms with Gasteiger partial charge in [-0.15, -0.1) is 0 Å². The Morgan fingerprint density at radius 3 is 2.73 bits per heavy atom. The van der Waals surface area contributed by atoms with Gasteiger partial charge in [-0.2, -0.15) is 0 Å². The van der Waals surface area contributed by atoms with Crippen LogP contribution >= 0.6 is 0 Å². The van der Waals surface area contributed by atoms with Crippen LogP contribution in [0.2, 0.25) is 0 Å². The Balaban J connectivity index is 2.38. The molecule has 0 aliphatic heterocycles. The number of aromatic carboxylic acids is 1. The van der Waals surface area contributed by atoms with Gasteiger partial charge in [0, 0.05) is 0 Å². The molecule has 4 heteroatoms. The minimum atomic E-state index is -1.11. The highest BCUT2D eigenvalue weighted by atomic mass is 16.5. The summed E-state index contributed by atoms with van der Waals surface area (Å²) in [6.45, 7) is 0. The Bertz CT molecular complexity index is 407. The zero-order valence-corrected chi connectivity index (χ0v) is 7.97. The van der Waals surface area contributed by atoms with Gasteiger partial charge in [0.15, 0.2) is 6.29 Å². The van der Waals surface area contributed by atoms with Crippen molar-refractivity contribution in [2.24, 2.45) is 0 Å². The lowest BCUT2D eigenvalue weighted by Gasteiger charge is -2.08. The largest absolute Gasteiger partial charge is 0.490 e. The Kier molecular flexibility index (Phi) is 2.41. The standard InChI is InChI=1S/C11H10O4/c12-6-9-8(11(13)14)2-1-3-10(9)15-7-4-5-7/h1-3,6-7H,4-5H2,(H,13,14). The van der Waals surface area contributed by atoms with Crippen LogP contribution in [0, 0.1) is 0 Å². The normalized spacial score (nSPS) is 14.7. The number of carboxylic acid groups (broad SMARTS) is 1. The Morgan fingerprint density at radius 1 is 1.47 bits per heavy atom. The summed E-state index contributed by atoms with van der Waals surface area (Å²) < 4.78 is 5.44. The fourth-order valence-electron chi connectivity index (χ4n) is 1.32. The second-order valence-corrected chi connectivity index (χ2v) is 3.46. The SMILES string of the molecule is O=Cc1c(OC2CC2)cccc1C(=O)O. The van der Waals surface area contributed by atoms with Gasteiger partial charge in [-0.3, -0.25) is 4.79 Å². The summed E-state index contributed by atoms with van der Waals surface area (Å²) >= 11 is 0. The zero-order valence-electron chi connectivity index (χ0n) is 7.97. The summed E-state index contributed by atoms with van der Waals surface area (Å²) in [5.74, 6) is -0.745. The van der Waals surface area contributed by atoms with E-state index in [0.717, 1.165) is 12.8 Å². The van der Waals surface area contributed by atoms with E-state index in [9.17, 15) is 9.59 Å². The molecule has 0 amide bonds. The maximum atomic E-state index is 10.8. The lowest BCUT2D eigenvalue weighted by molar-refractivity contribution is 0.0693. The van der Waals surface area contributed by atoms with Gasteiger partial charge >= 0.3 is 5.97 Å². The molecule has 1 aliphatic rings. The summed E-state index contributed by atoms with van der Waals surface area (Å²) in [5, 5.41) is 8.86. The molecule has 0 heterocycles. The van der Waals surface area contributed by atoms with Crippen LogP contribution in [0.4, 0.5) is 0 Å². The van der Waals surface area contributed by atoms with Crippen molar-refractivity contribution in [3.63, 3.8) is 0 Å². The molecule has 15 heavy (non-hydrogen) atoms. The van der Waals surface area contributed by atoms with Crippen molar-refractivity contribution in [2.45, 2.75) is 18.9 Å². The van der Waals surface area contributed by atoms with Crippen LogP contribution in [0.25, 0.3) is 0 Å². The first-order valence-electron chi connectivity index (χ1n) is 4.70. The highest BCUT2D eigenvalue weighted by Gasteiger charge is 2.25. The van der Waals surface area contributed by atoms with Crippen molar-refractivity contribution < 1.29 is 19.4 Å². The van der Waals surface area contributed by atoms with Gasteiger partial charge in [0.25, 0.3) is 0 Å². The van der Waals surface area contributed by atoms with Gasteiger partial charge < -0.3 is 9.84 Å². The molecule has 0 bridgehead atoms. The van der Waals surface area contributed by atoms with Crippen LogP contribution in [0.1, 0.15) is 33.6 Å². The molecular weight excluding hydrogens is 196 g/mol. The molecule has 0 spiro atoms. The van der Waals surface area contributed by atoms with E-state index < -0.39 is 5.97 Å². The first-order chi connectivity index (χ1) is 7.22. The maximum Gasteiger partial charge on any atom is 0.336 e. The Hall–Kier alpha value is -1.84. The number of carbonyl (C=O) groups is 2. The lowest BCUT2D eigenvalue weighted by atomic mass is 10.1. The number of hydrogen-bond donors (Lipinski definition) is 1. The lowest BCUT2D eigenvalue weighted by Crippen LogP contribution is -2.06. The molecule has 1 aromatic rings. The van der Waals surface area contributed by atoms with E-state index in [1.165, 1.54) is 6.07 Å². The van der Waals surface area contributed by atoms with Gasteiger partial charge in [0.2, 0.25) is 0 Å². The second-order valence-electron chi connectivity index (χ2n) is 3.46. The van der Waals surface area contributed by atoms with Gasteiger partial charge in [-0.05, 0) is 25.0 Å². The van der Waals surface area contributed by atoms with E-state index in [2.05, 4.69) is 0 Å². The predicted octanol–water partition coefficient (Wildman–Crippen LogP) is 1.74. The van der Waals surface area contributed by atoms with E-state index >= 15 is 0 Å². The molecule has 0 aromatic heterocycles. The number of benzene rings is 1. The molecule has 1 N–H and O–H groups in total. The van der Waals surface area contributed by atoms with E-state index in [1.54, 1.807) is 12.1 Å². The summed E-state index contributed by atoms with van der Waals surface area (Å²) in [6, 6.07) is 4.59. The Morgan fingerprint density at radius 2 is 2.20 bits per heavy atom. The molecule has 0 radical (unpaired) electrons.